The highest BCUT2D eigenvalue weighted by Crippen LogP contribution is 2.46. The van der Waals surface area contributed by atoms with Crippen LogP contribution in [-0.2, 0) is 36.3 Å². The van der Waals surface area contributed by atoms with Crippen molar-refractivity contribution in [3.8, 4) is 0 Å². The Morgan fingerprint density at radius 1 is 1.12 bits per heavy atom. The van der Waals surface area contributed by atoms with E-state index in [-0.39, 0.29) is 23.3 Å². The summed E-state index contributed by atoms with van der Waals surface area (Å²) in [5, 5.41) is 3.19. The number of esters is 1. The van der Waals surface area contributed by atoms with Gasteiger partial charge in [0.05, 0.1) is 29.7 Å². The maximum absolute atomic E-state index is 13.3. The molecular formula is C25H29NO6S. The lowest BCUT2D eigenvalue weighted by atomic mass is 9.80. The predicted molar refractivity (Wildman–Crippen MR) is 122 cm³/mol. The van der Waals surface area contributed by atoms with E-state index in [0.29, 0.717) is 5.56 Å². The Kier molecular flexibility index (Phi) is 6.59. The Morgan fingerprint density at radius 3 is 2.36 bits per heavy atom. The standard InChI is InChI=1S/C25H29NO6S/c1-31-24(28)19-9-11-20(12-10-19)25(13-14-25)26-23(27)22(18-6-4-7-18)32-16-17-5-3-8-21(15-17)33(2,29)30/h3,5,8-12,15,18,22H,4,6-7,13-14,16H2,1-2H3,(H,26,27). The molecule has 4 rings (SSSR count). The highest BCUT2D eigenvalue weighted by atomic mass is 32.2. The van der Waals surface area contributed by atoms with Crippen LogP contribution >= 0.6 is 0 Å². The number of benzene rings is 2. The molecule has 2 saturated carbocycles. The maximum Gasteiger partial charge on any atom is 0.337 e. The molecule has 0 spiro atoms. The number of hydrogen-bond acceptors (Lipinski definition) is 6. The normalized spacial score (nSPS) is 18.1. The molecule has 0 bridgehead atoms. The van der Waals surface area contributed by atoms with Crippen LogP contribution in [0.25, 0.3) is 0 Å². The third kappa shape index (κ3) is 5.28. The Bertz CT molecular complexity index is 1130. The molecule has 1 atom stereocenters. The van der Waals surface area contributed by atoms with Crippen molar-refractivity contribution in [3.63, 3.8) is 0 Å². The molecule has 8 heteroatoms. The van der Waals surface area contributed by atoms with Gasteiger partial charge in [-0.1, -0.05) is 30.7 Å². The van der Waals surface area contributed by atoms with Crippen LogP contribution in [0.15, 0.2) is 53.4 Å². The zero-order valence-corrected chi connectivity index (χ0v) is 19.7. The highest BCUT2D eigenvalue weighted by molar-refractivity contribution is 7.90. The number of amides is 1. The third-order valence-corrected chi connectivity index (χ3v) is 7.67. The van der Waals surface area contributed by atoms with Gasteiger partial charge in [0.25, 0.3) is 0 Å². The Labute approximate surface area is 194 Å². The van der Waals surface area contributed by atoms with Gasteiger partial charge in [-0.3, -0.25) is 4.79 Å². The molecule has 2 aromatic carbocycles. The van der Waals surface area contributed by atoms with Crippen molar-refractivity contribution in [2.24, 2.45) is 5.92 Å². The lowest BCUT2D eigenvalue weighted by Crippen LogP contribution is -2.47. The van der Waals surface area contributed by atoms with Crippen molar-refractivity contribution in [2.45, 2.75) is 55.2 Å². The number of hydrogen-bond donors (Lipinski definition) is 1. The second kappa shape index (κ2) is 9.27. The SMILES string of the molecule is COC(=O)c1ccc(C2(NC(=O)C(OCc3cccc(S(C)(=O)=O)c3)C3CCC3)CC2)cc1. The first kappa shape index (κ1) is 23.4. The topological polar surface area (TPSA) is 98.8 Å². The summed E-state index contributed by atoms with van der Waals surface area (Å²) in [7, 11) is -1.97. The summed E-state index contributed by atoms with van der Waals surface area (Å²) >= 11 is 0. The molecule has 2 aromatic rings. The van der Waals surface area contributed by atoms with Crippen LogP contribution in [0.4, 0.5) is 0 Å². The van der Waals surface area contributed by atoms with Crippen molar-refractivity contribution in [3.05, 3.63) is 65.2 Å². The molecule has 2 fully saturated rings. The van der Waals surface area contributed by atoms with Gasteiger partial charge >= 0.3 is 5.97 Å². The molecule has 7 nitrogen and oxygen atoms in total. The van der Waals surface area contributed by atoms with E-state index in [0.717, 1.165) is 43.2 Å². The molecule has 0 saturated heterocycles. The number of rotatable bonds is 9. The van der Waals surface area contributed by atoms with Gasteiger partial charge in [0, 0.05) is 6.26 Å². The van der Waals surface area contributed by atoms with Crippen LogP contribution < -0.4 is 5.32 Å². The summed E-state index contributed by atoms with van der Waals surface area (Å²) in [6, 6.07) is 13.8. The zero-order chi connectivity index (χ0) is 23.6. The van der Waals surface area contributed by atoms with Crippen LogP contribution in [0, 0.1) is 5.92 Å². The summed E-state index contributed by atoms with van der Waals surface area (Å²) in [5.74, 6) is -0.386. The zero-order valence-electron chi connectivity index (χ0n) is 18.9. The fourth-order valence-corrected chi connectivity index (χ4v) is 4.87. The summed E-state index contributed by atoms with van der Waals surface area (Å²) in [6.07, 6.45) is 5.16. The average Bonchev–Trinajstić information content (AvgIpc) is 3.54. The Morgan fingerprint density at radius 2 is 1.82 bits per heavy atom. The van der Waals surface area contributed by atoms with E-state index < -0.39 is 27.4 Å². The first-order chi connectivity index (χ1) is 15.7. The van der Waals surface area contributed by atoms with Gasteiger partial charge < -0.3 is 14.8 Å². The van der Waals surface area contributed by atoms with Crippen molar-refractivity contribution in [1.82, 2.24) is 5.32 Å². The molecule has 0 aliphatic heterocycles. The highest BCUT2D eigenvalue weighted by Gasteiger charge is 2.47. The third-order valence-electron chi connectivity index (χ3n) is 6.56. The predicted octanol–water partition coefficient (Wildman–Crippen LogP) is 3.37. The van der Waals surface area contributed by atoms with Gasteiger partial charge in [0.15, 0.2) is 9.84 Å². The largest absolute Gasteiger partial charge is 0.465 e. The maximum atomic E-state index is 13.3. The monoisotopic (exact) mass is 471 g/mol. The van der Waals surface area contributed by atoms with Gasteiger partial charge in [-0.25, -0.2) is 13.2 Å². The molecule has 33 heavy (non-hydrogen) atoms. The van der Waals surface area contributed by atoms with Crippen LogP contribution in [0.5, 0.6) is 0 Å². The van der Waals surface area contributed by atoms with E-state index in [1.54, 1.807) is 36.4 Å². The first-order valence-electron chi connectivity index (χ1n) is 11.1. The fourth-order valence-electron chi connectivity index (χ4n) is 4.18. The molecule has 176 valence electrons. The molecule has 1 N–H and O–H groups in total. The smallest absolute Gasteiger partial charge is 0.337 e. The van der Waals surface area contributed by atoms with Gasteiger partial charge in [-0.15, -0.1) is 0 Å². The molecule has 2 aliphatic rings. The van der Waals surface area contributed by atoms with Gasteiger partial charge in [0.2, 0.25) is 5.91 Å². The van der Waals surface area contributed by atoms with Crippen molar-refractivity contribution >= 4 is 21.7 Å². The Balaban J connectivity index is 1.45. The van der Waals surface area contributed by atoms with E-state index in [4.69, 9.17) is 9.47 Å². The van der Waals surface area contributed by atoms with Crippen LogP contribution in [0.2, 0.25) is 0 Å². The number of carbonyl (C=O) groups excluding carboxylic acids is 2. The van der Waals surface area contributed by atoms with E-state index in [2.05, 4.69) is 5.32 Å². The average molecular weight is 472 g/mol. The number of nitrogens with one attached hydrogen (secondary N) is 1. The summed E-state index contributed by atoms with van der Waals surface area (Å²) in [4.78, 5) is 25.2. The van der Waals surface area contributed by atoms with Crippen LogP contribution in [0.1, 0.15) is 53.6 Å². The molecule has 0 radical (unpaired) electrons. The minimum absolute atomic E-state index is 0.145. The summed E-state index contributed by atoms with van der Waals surface area (Å²) < 4.78 is 34.5. The van der Waals surface area contributed by atoms with Crippen molar-refractivity contribution in [1.29, 1.82) is 0 Å². The van der Waals surface area contributed by atoms with E-state index in [1.807, 2.05) is 12.1 Å². The fraction of sp³-hybridized carbons (Fsp3) is 0.440. The molecule has 0 aromatic heterocycles. The molecule has 2 aliphatic carbocycles. The van der Waals surface area contributed by atoms with Crippen molar-refractivity contribution in [2.75, 3.05) is 13.4 Å². The lowest BCUT2D eigenvalue weighted by molar-refractivity contribution is -0.141. The minimum Gasteiger partial charge on any atom is -0.465 e. The first-order valence-corrected chi connectivity index (χ1v) is 13.0. The van der Waals surface area contributed by atoms with E-state index in [9.17, 15) is 18.0 Å². The number of carbonyl (C=O) groups is 2. The number of sulfone groups is 1. The van der Waals surface area contributed by atoms with Gasteiger partial charge in [-0.2, -0.15) is 0 Å². The number of ether oxygens (including phenoxy) is 2. The lowest BCUT2D eigenvalue weighted by Gasteiger charge is -2.34. The summed E-state index contributed by atoms with van der Waals surface area (Å²) in [5.41, 5.74) is 1.70. The van der Waals surface area contributed by atoms with E-state index in [1.165, 1.54) is 13.4 Å². The molecule has 1 unspecified atom stereocenters. The second-order valence-corrected chi connectivity index (χ2v) is 11.0. The summed E-state index contributed by atoms with van der Waals surface area (Å²) in [6.45, 7) is 0.165. The molecule has 1 amide bonds. The van der Waals surface area contributed by atoms with Crippen molar-refractivity contribution < 1.29 is 27.5 Å². The Hall–Kier alpha value is -2.71. The van der Waals surface area contributed by atoms with Gasteiger partial charge in [0.1, 0.15) is 6.10 Å². The van der Waals surface area contributed by atoms with Gasteiger partial charge in [-0.05, 0) is 67.0 Å². The second-order valence-electron chi connectivity index (χ2n) is 8.98. The number of methoxy groups -OCH3 is 1. The molecular weight excluding hydrogens is 442 g/mol. The quantitative estimate of drug-likeness (QED) is 0.563. The molecule has 0 heterocycles. The van der Waals surface area contributed by atoms with Crippen LogP contribution in [0.3, 0.4) is 0 Å². The van der Waals surface area contributed by atoms with E-state index >= 15 is 0 Å². The minimum atomic E-state index is -3.31. The van der Waals surface area contributed by atoms with Crippen LogP contribution in [-0.4, -0.2) is 39.8 Å².